The molecule has 1 N–H and O–H groups in total. The molecule has 8 heteroatoms. The number of carbonyl (C=O) groups excluding carboxylic acids is 1. The summed E-state index contributed by atoms with van der Waals surface area (Å²) in [5, 5.41) is 14.0. The van der Waals surface area contributed by atoms with E-state index in [4.69, 9.17) is 9.15 Å². The van der Waals surface area contributed by atoms with Crippen LogP contribution in [0.1, 0.15) is 0 Å². The number of thioether (sulfide) groups is 1. The third-order valence-electron chi connectivity index (χ3n) is 5.17. The van der Waals surface area contributed by atoms with Crippen molar-refractivity contribution in [3.8, 4) is 17.1 Å². The van der Waals surface area contributed by atoms with Gasteiger partial charge in [-0.2, -0.15) is 0 Å². The number of amides is 1. The van der Waals surface area contributed by atoms with Gasteiger partial charge < -0.3 is 19.0 Å². The normalized spacial score (nSPS) is 11.2. The Morgan fingerprint density at radius 2 is 1.81 bits per heavy atom. The van der Waals surface area contributed by atoms with Gasteiger partial charge in [-0.15, -0.1) is 10.2 Å². The zero-order valence-electron chi connectivity index (χ0n) is 17.5. The number of rotatable bonds is 6. The molecule has 3 aromatic carbocycles. The summed E-state index contributed by atoms with van der Waals surface area (Å²) in [7, 11) is 3.47. The number of anilines is 1. The molecule has 0 fully saturated rings. The summed E-state index contributed by atoms with van der Waals surface area (Å²) >= 11 is 1.32. The first-order valence-corrected chi connectivity index (χ1v) is 11.0. The van der Waals surface area contributed by atoms with Gasteiger partial charge in [-0.1, -0.05) is 60.3 Å². The fourth-order valence-electron chi connectivity index (χ4n) is 3.61. The van der Waals surface area contributed by atoms with E-state index in [1.165, 1.54) is 11.8 Å². The van der Waals surface area contributed by atoms with E-state index in [0.717, 1.165) is 27.7 Å². The molecule has 0 aliphatic rings. The maximum Gasteiger partial charge on any atom is 0.234 e. The number of hydrogen-bond donors (Lipinski definition) is 1. The molecule has 0 radical (unpaired) electrons. The van der Waals surface area contributed by atoms with Crippen LogP contribution in [0.25, 0.3) is 33.3 Å². The van der Waals surface area contributed by atoms with Crippen molar-refractivity contribution in [1.82, 2.24) is 14.8 Å². The molecule has 0 saturated carbocycles. The van der Waals surface area contributed by atoms with E-state index < -0.39 is 0 Å². The number of para-hydroxylation sites is 1. The third-order valence-corrected chi connectivity index (χ3v) is 6.19. The Morgan fingerprint density at radius 1 is 1.03 bits per heavy atom. The standard InChI is InChI=1S/C24H20N4O3S/c1-28-23(15-8-4-3-5-9-15)26-27-24(28)32-14-22(29)25-18-13-20-17(12-21(18)30-2)16-10-6-7-11-19(16)31-20/h3-13H,14H2,1-2H3,(H,25,29). The zero-order chi connectivity index (χ0) is 22.1. The molecule has 0 saturated heterocycles. The Bertz CT molecular complexity index is 1430. The fourth-order valence-corrected chi connectivity index (χ4v) is 4.32. The number of hydrogen-bond acceptors (Lipinski definition) is 6. The van der Waals surface area contributed by atoms with Crippen molar-refractivity contribution in [3.05, 3.63) is 66.7 Å². The summed E-state index contributed by atoms with van der Waals surface area (Å²) in [6.07, 6.45) is 0. The second kappa shape index (κ2) is 8.39. The average Bonchev–Trinajstić information content (AvgIpc) is 3.37. The number of nitrogens with one attached hydrogen (secondary N) is 1. The van der Waals surface area contributed by atoms with Crippen LogP contribution in [0.3, 0.4) is 0 Å². The summed E-state index contributed by atoms with van der Waals surface area (Å²) in [5.74, 6) is 1.34. The van der Waals surface area contributed by atoms with Crippen LogP contribution in [-0.4, -0.2) is 33.5 Å². The van der Waals surface area contributed by atoms with Gasteiger partial charge >= 0.3 is 0 Å². The lowest BCUT2D eigenvalue weighted by molar-refractivity contribution is -0.113. The summed E-state index contributed by atoms with van der Waals surface area (Å²) in [5.41, 5.74) is 3.02. The minimum absolute atomic E-state index is 0.173. The fraction of sp³-hybridized carbons (Fsp3) is 0.125. The van der Waals surface area contributed by atoms with E-state index in [-0.39, 0.29) is 11.7 Å². The van der Waals surface area contributed by atoms with Crippen molar-refractivity contribution in [2.45, 2.75) is 5.16 Å². The average molecular weight is 445 g/mol. The first-order chi connectivity index (χ1) is 15.6. The van der Waals surface area contributed by atoms with Crippen LogP contribution in [0.15, 0.2) is 76.3 Å². The molecule has 160 valence electrons. The van der Waals surface area contributed by atoms with E-state index in [9.17, 15) is 4.79 Å². The highest BCUT2D eigenvalue weighted by molar-refractivity contribution is 7.99. The largest absolute Gasteiger partial charge is 0.495 e. The first kappa shape index (κ1) is 20.1. The number of benzene rings is 3. The minimum atomic E-state index is -0.173. The highest BCUT2D eigenvalue weighted by atomic mass is 32.2. The molecule has 32 heavy (non-hydrogen) atoms. The maximum absolute atomic E-state index is 12.7. The molecule has 0 aliphatic heterocycles. The predicted octanol–water partition coefficient (Wildman–Crippen LogP) is 5.12. The van der Waals surface area contributed by atoms with Crippen LogP contribution < -0.4 is 10.1 Å². The number of carbonyl (C=O) groups is 1. The highest BCUT2D eigenvalue weighted by Crippen LogP contribution is 2.36. The van der Waals surface area contributed by atoms with Crippen molar-refractivity contribution in [1.29, 1.82) is 0 Å². The Balaban J connectivity index is 1.33. The van der Waals surface area contributed by atoms with Gasteiger partial charge in [0, 0.05) is 29.4 Å². The number of fused-ring (bicyclic) bond motifs is 3. The van der Waals surface area contributed by atoms with Crippen molar-refractivity contribution in [2.24, 2.45) is 7.05 Å². The van der Waals surface area contributed by atoms with Crippen LogP contribution >= 0.6 is 11.8 Å². The number of aromatic nitrogens is 3. The van der Waals surface area contributed by atoms with Gasteiger partial charge in [-0.3, -0.25) is 4.79 Å². The quantitative estimate of drug-likeness (QED) is 0.366. The van der Waals surface area contributed by atoms with Gasteiger partial charge in [0.2, 0.25) is 5.91 Å². The molecule has 5 aromatic rings. The molecule has 1 amide bonds. The van der Waals surface area contributed by atoms with Gasteiger partial charge in [-0.25, -0.2) is 0 Å². The van der Waals surface area contributed by atoms with Gasteiger partial charge in [-0.05, 0) is 12.1 Å². The van der Waals surface area contributed by atoms with Crippen LogP contribution in [0.5, 0.6) is 5.75 Å². The Labute approximate surface area is 188 Å². The van der Waals surface area contributed by atoms with Crippen LogP contribution in [0.4, 0.5) is 5.69 Å². The molecule has 0 spiro atoms. The van der Waals surface area contributed by atoms with Crippen molar-refractivity contribution in [3.63, 3.8) is 0 Å². The Morgan fingerprint density at radius 3 is 2.62 bits per heavy atom. The molecule has 5 rings (SSSR count). The summed E-state index contributed by atoms with van der Waals surface area (Å²) in [6, 6.07) is 21.3. The van der Waals surface area contributed by atoms with Crippen molar-refractivity contribution in [2.75, 3.05) is 18.2 Å². The number of ether oxygens (including phenoxy) is 1. The molecule has 7 nitrogen and oxygen atoms in total. The zero-order valence-corrected chi connectivity index (χ0v) is 18.3. The Kier molecular flexibility index (Phi) is 5.28. The molecule has 2 heterocycles. The lowest BCUT2D eigenvalue weighted by Gasteiger charge is -2.10. The number of nitrogens with zero attached hydrogens (tertiary/aromatic N) is 3. The van der Waals surface area contributed by atoms with Gasteiger partial charge in [0.25, 0.3) is 0 Å². The van der Waals surface area contributed by atoms with E-state index in [1.807, 2.05) is 72.3 Å². The van der Waals surface area contributed by atoms with Gasteiger partial charge in [0.05, 0.1) is 18.6 Å². The highest BCUT2D eigenvalue weighted by Gasteiger charge is 2.16. The van der Waals surface area contributed by atoms with E-state index >= 15 is 0 Å². The van der Waals surface area contributed by atoms with Gasteiger partial charge in [0.1, 0.15) is 16.9 Å². The van der Waals surface area contributed by atoms with E-state index in [2.05, 4.69) is 15.5 Å². The van der Waals surface area contributed by atoms with Crippen LogP contribution in [-0.2, 0) is 11.8 Å². The number of furan rings is 1. The van der Waals surface area contributed by atoms with E-state index in [0.29, 0.717) is 22.2 Å². The molecule has 0 bridgehead atoms. The van der Waals surface area contributed by atoms with Crippen LogP contribution in [0.2, 0.25) is 0 Å². The topological polar surface area (TPSA) is 82.2 Å². The minimum Gasteiger partial charge on any atom is -0.495 e. The number of methoxy groups -OCH3 is 1. The lowest BCUT2D eigenvalue weighted by atomic mass is 10.1. The first-order valence-electron chi connectivity index (χ1n) is 10.0. The lowest BCUT2D eigenvalue weighted by Crippen LogP contribution is -2.15. The second-order valence-corrected chi connectivity index (χ2v) is 8.16. The monoisotopic (exact) mass is 444 g/mol. The summed E-state index contributed by atoms with van der Waals surface area (Å²) in [6.45, 7) is 0. The molecular formula is C24H20N4O3S. The van der Waals surface area contributed by atoms with E-state index in [1.54, 1.807) is 13.2 Å². The summed E-state index contributed by atoms with van der Waals surface area (Å²) < 4.78 is 13.3. The van der Waals surface area contributed by atoms with Crippen LogP contribution in [0, 0.1) is 0 Å². The maximum atomic E-state index is 12.7. The second-order valence-electron chi connectivity index (χ2n) is 7.21. The molecular weight excluding hydrogens is 424 g/mol. The van der Waals surface area contributed by atoms with Gasteiger partial charge in [0.15, 0.2) is 11.0 Å². The van der Waals surface area contributed by atoms with Crippen molar-refractivity contribution < 1.29 is 13.9 Å². The summed E-state index contributed by atoms with van der Waals surface area (Å²) in [4.78, 5) is 12.7. The molecule has 2 aromatic heterocycles. The SMILES string of the molecule is COc1cc2c(cc1NC(=O)CSc1nnc(-c3ccccc3)n1C)oc1ccccc12. The Hall–Kier alpha value is -3.78. The third kappa shape index (κ3) is 3.69. The predicted molar refractivity (Wildman–Crippen MR) is 126 cm³/mol. The smallest absolute Gasteiger partial charge is 0.234 e. The molecule has 0 atom stereocenters. The molecule has 0 unspecified atom stereocenters. The van der Waals surface area contributed by atoms with Crippen molar-refractivity contribution >= 4 is 45.3 Å². The molecule has 0 aliphatic carbocycles.